The molecule has 1 heterocycles. The third kappa shape index (κ3) is 4.55. The number of carbonyl (C=O) groups excluding carboxylic acids is 1. The summed E-state index contributed by atoms with van der Waals surface area (Å²) in [4.78, 5) is 12.9. The molecule has 0 aromatic heterocycles. The van der Waals surface area contributed by atoms with Crippen molar-refractivity contribution < 1.29 is 22.7 Å². The van der Waals surface area contributed by atoms with Gasteiger partial charge in [-0.2, -0.15) is 0 Å². The molecule has 3 aromatic carbocycles. The number of para-hydroxylation sites is 2. The number of hydrogen-bond donors (Lipinski definition) is 1. The number of sulfonamides is 1. The van der Waals surface area contributed by atoms with E-state index in [-0.39, 0.29) is 17.3 Å². The van der Waals surface area contributed by atoms with Gasteiger partial charge in [-0.05, 0) is 48.4 Å². The average molecular weight is 453 g/mol. The Balaban J connectivity index is 1.54. The van der Waals surface area contributed by atoms with Gasteiger partial charge in [-0.15, -0.1) is 0 Å². The van der Waals surface area contributed by atoms with Gasteiger partial charge in [-0.1, -0.05) is 42.5 Å². The van der Waals surface area contributed by atoms with Crippen LogP contribution in [0.2, 0.25) is 0 Å². The van der Waals surface area contributed by atoms with Crippen molar-refractivity contribution in [3.63, 3.8) is 0 Å². The molecule has 0 aliphatic carbocycles. The first-order valence-electron chi connectivity index (χ1n) is 10.2. The number of benzene rings is 3. The molecule has 0 fully saturated rings. The molecule has 166 valence electrons. The highest BCUT2D eigenvalue weighted by Gasteiger charge is 2.37. The molecule has 1 amide bonds. The number of anilines is 1. The fourth-order valence-corrected chi connectivity index (χ4v) is 5.01. The number of rotatable bonds is 7. The van der Waals surface area contributed by atoms with Gasteiger partial charge in [0.15, 0.2) is 6.10 Å². The Hall–Kier alpha value is -3.52. The minimum atomic E-state index is -3.91. The fraction of sp³-hybridized carbons (Fsp3) is 0.208. The number of fused-ring (bicyclic) bond motifs is 1. The van der Waals surface area contributed by atoms with E-state index in [2.05, 4.69) is 5.32 Å². The summed E-state index contributed by atoms with van der Waals surface area (Å²) in [6, 6.07) is 22.8. The lowest BCUT2D eigenvalue weighted by molar-refractivity contribution is -0.127. The molecule has 1 N–H and O–H groups in total. The standard InChI is InChI=1S/C24H24N2O5S/c1-30-19-11-13-20(14-12-19)32(28,29)26-17-23(31-22-10-6-5-9-21(22)26)24(27)25-16-15-18-7-3-2-4-8-18/h2-14,23H,15-17H2,1H3,(H,25,27)/t23-/m1/s1. The van der Waals surface area contributed by atoms with Gasteiger partial charge in [0.1, 0.15) is 11.5 Å². The molecule has 8 heteroatoms. The van der Waals surface area contributed by atoms with Crippen LogP contribution in [0.15, 0.2) is 83.8 Å². The van der Waals surface area contributed by atoms with E-state index in [4.69, 9.17) is 9.47 Å². The summed E-state index contributed by atoms with van der Waals surface area (Å²) < 4.78 is 39.0. The molecule has 4 rings (SSSR count). The minimum Gasteiger partial charge on any atom is -0.497 e. The first kappa shape index (κ1) is 21.7. The van der Waals surface area contributed by atoms with Gasteiger partial charge in [0.2, 0.25) is 0 Å². The number of amides is 1. The largest absolute Gasteiger partial charge is 0.497 e. The van der Waals surface area contributed by atoms with Crippen molar-refractivity contribution in [2.75, 3.05) is 24.5 Å². The van der Waals surface area contributed by atoms with Crippen LogP contribution in [0.1, 0.15) is 5.56 Å². The van der Waals surface area contributed by atoms with Crippen molar-refractivity contribution in [3.8, 4) is 11.5 Å². The molecule has 0 unspecified atom stereocenters. The van der Waals surface area contributed by atoms with Gasteiger partial charge < -0.3 is 14.8 Å². The van der Waals surface area contributed by atoms with Crippen LogP contribution in [-0.4, -0.2) is 40.6 Å². The van der Waals surface area contributed by atoms with Crippen molar-refractivity contribution in [1.82, 2.24) is 5.32 Å². The molecule has 0 spiro atoms. The molecular weight excluding hydrogens is 428 g/mol. The molecule has 3 aromatic rings. The smallest absolute Gasteiger partial charge is 0.264 e. The van der Waals surface area contributed by atoms with E-state index in [1.54, 1.807) is 36.4 Å². The summed E-state index contributed by atoms with van der Waals surface area (Å²) in [5, 5.41) is 2.86. The summed E-state index contributed by atoms with van der Waals surface area (Å²) >= 11 is 0. The Kier molecular flexibility index (Phi) is 6.32. The highest BCUT2D eigenvalue weighted by atomic mass is 32.2. The van der Waals surface area contributed by atoms with Crippen LogP contribution in [0.25, 0.3) is 0 Å². The van der Waals surface area contributed by atoms with Crippen LogP contribution in [0.3, 0.4) is 0 Å². The van der Waals surface area contributed by atoms with E-state index in [1.165, 1.54) is 23.5 Å². The van der Waals surface area contributed by atoms with E-state index in [1.807, 2.05) is 30.3 Å². The summed E-state index contributed by atoms with van der Waals surface area (Å²) in [7, 11) is -2.40. The third-order valence-corrected chi connectivity index (χ3v) is 7.02. The van der Waals surface area contributed by atoms with Crippen LogP contribution in [0.5, 0.6) is 11.5 Å². The van der Waals surface area contributed by atoms with E-state index < -0.39 is 16.1 Å². The van der Waals surface area contributed by atoms with E-state index in [0.717, 1.165) is 5.56 Å². The number of nitrogens with one attached hydrogen (secondary N) is 1. The van der Waals surface area contributed by atoms with Crippen molar-refractivity contribution in [3.05, 3.63) is 84.4 Å². The molecule has 32 heavy (non-hydrogen) atoms. The van der Waals surface area contributed by atoms with Crippen LogP contribution >= 0.6 is 0 Å². The lowest BCUT2D eigenvalue weighted by atomic mass is 10.1. The highest BCUT2D eigenvalue weighted by Crippen LogP contribution is 2.37. The maximum Gasteiger partial charge on any atom is 0.264 e. The summed E-state index contributed by atoms with van der Waals surface area (Å²) in [6.07, 6.45) is -0.294. The van der Waals surface area contributed by atoms with Crippen molar-refractivity contribution in [2.45, 2.75) is 17.4 Å². The molecule has 1 atom stereocenters. The van der Waals surface area contributed by atoms with Gasteiger partial charge in [0, 0.05) is 6.54 Å². The molecule has 0 saturated carbocycles. The van der Waals surface area contributed by atoms with E-state index in [9.17, 15) is 13.2 Å². The fourth-order valence-electron chi connectivity index (χ4n) is 3.53. The Labute approximate surface area is 187 Å². The normalized spacial score (nSPS) is 15.4. The zero-order valence-electron chi connectivity index (χ0n) is 17.6. The second-order valence-electron chi connectivity index (χ2n) is 7.31. The second-order valence-corrected chi connectivity index (χ2v) is 9.17. The van der Waals surface area contributed by atoms with E-state index >= 15 is 0 Å². The van der Waals surface area contributed by atoms with Gasteiger partial charge in [-0.25, -0.2) is 8.42 Å². The molecule has 0 radical (unpaired) electrons. The minimum absolute atomic E-state index is 0.109. The number of hydrogen-bond acceptors (Lipinski definition) is 5. The van der Waals surface area contributed by atoms with Crippen LogP contribution in [-0.2, 0) is 21.2 Å². The third-order valence-electron chi connectivity index (χ3n) is 5.23. The monoisotopic (exact) mass is 452 g/mol. The van der Waals surface area contributed by atoms with Gasteiger partial charge in [0.05, 0.1) is 24.2 Å². The quantitative estimate of drug-likeness (QED) is 0.596. The predicted octanol–water partition coefficient (Wildman–Crippen LogP) is 3.01. The molecule has 0 saturated heterocycles. The zero-order valence-corrected chi connectivity index (χ0v) is 18.4. The SMILES string of the molecule is COc1ccc(S(=O)(=O)N2C[C@H](C(=O)NCCc3ccccc3)Oc3ccccc32)cc1. The Morgan fingerprint density at radius 3 is 2.44 bits per heavy atom. The molecule has 7 nitrogen and oxygen atoms in total. The first-order valence-corrected chi connectivity index (χ1v) is 11.7. The zero-order chi connectivity index (χ0) is 22.6. The summed E-state index contributed by atoms with van der Waals surface area (Å²) in [6.45, 7) is 0.304. The predicted molar refractivity (Wildman–Crippen MR) is 122 cm³/mol. The topological polar surface area (TPSA) is 84.9 Å². The molecule has 1 aliphatic heterocycles. The Bertz CT molecular complexity index is 1180. The van der Waals surface area contributed by atoms with E-state index in [0.29, 0.717) is 30.2 Å². The summed E-state index contributed by atoms with van der Waals surface area (Å²) in [5.74, 6) is 0.548. The van der Waals surface area contributed by atoms with Crippen molar-refractivity contribution in [1.29, 1.82) is 0 Å². The maximum atomic E-state index is 13.4. The van der Waals surface area contributed by atoms with Gasteiger partial charge in [-0.3, -0.25) is 9.10 Å². The highest BCUT2D eigenvalue weighted by molar-refractivity contribution is 7.92. The summed E-state index contributed by atoms with van der Waals surface area (Å²) in [5.41, 5.74) is 1.50. The molecule has 0 bridgehead atoms. The lowest BCUT2D eigenvalue weighted by Gasteiger charge is -2.34. The number of nitrogens with zero attached hydrogens (tertiary/aromatic N) is 1. The van der Waals surface area contributed by atoms with Crippen LogP contribution in [0.4, 0.5) is 5.69 Å². The molecule has 1 aliphatic rings. The maximum absolute atomic E-state index is 13.4. The average Bonchev–Trinajstić information content (AvgIpc) is 2.84. The Morgan fingerprint density at radius 1 is 1.03 bits per heavy atom. The van der Waals surface area contributed by atoms with Crippen molar-refractivity contribution >= 4 is 21.6 Å². The van der Waals surface area contributed by atoms with Gasteiger partial charge in [0.25, 0.3) is 15.9 Å². The van der Waals surface area contributed by atoms with Crippen LogP contribution in [0, 0.1) is 0 Å². The first-order chi connectivity index (χ1) is 15.5. The molecular formula is C24H24N2O5S. The lowest BCUT2D eigenvalue weighted by Crippen LogP contribution is -2.51. The van der Waals surface area contributed by atoms with Crippen LogP contribution < -0.4 is 19.1 Å². The number of carbonyl (C=O) groups is 1. The Morgan fingerprint density at radius 2 is 1.72 bits per heavy atom. The number of methoxy groups -OCH3 is 1. The number of ether oxygens (including phenoxy) is 2. The van der Waals surface area contributed by atoms with Gasteiger partial charge >= 0.3 is 0 Å². The van der Waals surface area contributed by atoms with Crippen molar-refractivity contribution in [2.24, 2.45) is 0 Å². The second kappa shape index (κ2) is 9.32.